The van der Waals surface area contributed by atoms with Crippen molar-refractivity contribution in [2.24, 2.45) is 5.73 Å². The lowest BCUT2D eigenvalue weighted by Gasteiger charge is -2.39. The fourth-order valence-electron chi connectivity index (χ4n) is 3.66. The molecule has 0 bridgehead atoms. The molecule has 114 valence electrons. The van der Waals surface area contributed by atoms with E-state index in [-0.39, 0.29) is 0 Å². The van der Waals surface area contributed by atoms with Crippen molar-refractivity contribution < 1.29 is 0 Å². The van der Waals surface area contributed by atoms with E-state index in [1.54, 1.807) is 0 Å². The number of nitrogens with two attached hydrogens (primary N) is 1. The zero-order chi connectivity index (χ0) is 14.8. The largest absolute Gasteiger partial charge is 0.389 e. The van der Waals surface area contributed by atoms with Crippen molar-refractivity contribution in [1.29, 1.82) is 0 Å². The van der Waals surface area contributed by atoms with Crippen LogP contribution in [-0.4, -0.2) is 47.1 Å². The smallest absolute Gasteiger partial charge is 0.139 e. The van der Waals surface area contributed by atoms with Crippen molar-refractivity contribution in [1.82, 2.24) is 9.88 Å². The summed E-state index contributed by atoms with van der Waals surface area (Å²) in [5.41, 5.74) is 7.97. The third kappa shape index (κ3) is 3.04. The molecule has 4 nitrogen and oxygen atoms in total. The molecule has 2 aliphatic rings. The summed E-state index contributed by atoms with van der Waals surface area (Å²) in [6.45, 7) is 6.33. The molecule has 1 aliphatic carbocycles. The van der Waals surface area contributed by atoms with Crippen molar-refractivity contribution in [3.05, 3.63) is 23.4 Å². The maximum atomic E-state index is 5.90. The van der Waals surface area contributed by atoms with Crippen molar-refractivity contribution >= 4 is 23.0 Å². The standard InChI is InChI=1S/C16H24N4S/c1-12-6-7-18-16(14(12)15(17)21)20-10-8-19(9-11-20)13-4-2-3-5-13/h6-7,13H,2-5,8-11H2,1H3,(H2,17,21). The van der Waals surface area contributed by atoms with E-state index >= 15 is 0 Å². The lowest BCUT2D eigenvalue weighted by Crippen LogP contribution is -2.50. The van der Waals surface area contributed by atoms with Crippen LogP contribution < -0.4 is 10.6 Å². The van der Waals surface area contributed by atoms with E-state index in [1.807, 2.05) is 12.3 Å². The van der Waals surface area contributed by atoms with Gasteiger partial charge in [0.1, 0.15) is 10.8 Å². The van der Waals surface area contributed by atoms with Gasteiger partial charge >= 0.3 is 0 Å². The van der Waals surface area contributed by atoms with Gasteiger partial charge in [0, 0.05) is 38.4 Å². The van der Waals surface area contributed by atoms with Gasteiger partial charge in [-0.05, 0) is 31.4 Å². The summed E-state index contributed by atoms with van der Waals surface area (Å²) in [7, 11) is 0. The highest BCUT2D eigenvalue weighted by atomic mass is 32.1. The van der Waals surface area contributed by atoms with Crippen LogP contribution in [0.5, 0.6) is 0 Å². The second kappa shape index (κ2) is 6.28. The number of aryl methyl sites for hydroxylation is 1. The van der Waals surface area contributed by atoms with E-state index < -0.39 is 0 Å². The molecule has 0 atom stereocenters. The quantitative estimate of drug-likeness (QED) is 0.866. The fourth-order valence-corrected chi connectivity index (χ4v) is 3.91. The molecule has 0 unspecified atom stereocenters. The Morgan fingerprint density at radius 2 is 1.90 bits per heavy atom. The van der Waals surface area contributed by atoms with Crippen LogP contribution in [0.4, 0.5) is 5.82 Å². The molecule has 0 radical (unpaired) electrons. The third-order valence-corrected chi connectivity index (χ3v) is 5.04. The van der Waals surface area contributed by atoms with Gasteiger partial charge in [0.15, 0.2) is 0 Å². The predicted molar refractivity (Wildman–Crippen MR) is 90.9 cm³/mol. The van der Waals surface area contributed by atoms with Gasteiger partial charge in [0.05, 0.1) is 5.56 Å². The van der Waals surface area contributed by atoms with Crippen LogP contribution in [0.2, 0.25) is 0 Å². The van der Waals surface area contributed by atoms with Crippen LogP contribution in [0.3, 0.4) is 0 Å². The molecule has 1 saturated carbocycles. The zero-order valence-corrected chi connectivity index (χ0v) is 13.5. The number of rotatable bonds is 3. The van der Waals surface area contributed by atoms with Crippen molar-refractivity contribution in [2.75, 3.05) is 31.1 Å². The lowest BCUT2D eigenvalue weighted by atomic mass is 10.1. The maximum Gasteiger partial charge on any atom is 0.139 e. The van der Waals surface area contributed by atoms with E-state index in [0.717, 1.165) is 49.2 Å². The molecule has 1 aromatic heterocycles. The Labute approximate surface area is 132 Å². The molecule has 0 spiro atoms. The number of aromatic nitrogens is 1. The maximum absolute atomic E-state index is 5.90. The van der Waals surface area contributed by atoms with Crippen LogP contribution in [0.1, 0.15) is 36.8 Å². The summed E-state index contributed by atoms with van der Waals surface area (Å²) < 4.78 is 0. The molecule has 2 fully saturated rings. The van der Waals surface area contributed by atoms with Crippen LogP contribution in [0, 0.1) is 6.92 Å². The number of hydrogen-bond acceptors (Lipinski definition) is 4. The first-order valence-corrected chi connectivity index (χ1v) is 8.32. The van der Waals surface area contributed by atoms with Crippen LogP contribution >= 0.6 is 12.2 Å². The van der Waals surface area contributed by atoms with Crippen LogP contribution in [0.15, 0.2) is 12.3 Å². The average Bonchev–Trinajstić information content (AvgIpc) is 3.01. The minimum absolute atomic E-state index is 0.453. The summed E-state index contributed by atoms with van der Waals surface area (Å²) in [6, 6.07) is 2.79. The molecule has 21 heavy (non-hydrogen) atoms. The van der Waals surface area contributed by atoms with Gasteiger partial charge in [-0.3, -0.25) is 4.90 Å². The summed E-state index contributed by atoms with van der Waals surface area (Å²) in [5, 5.41) is 0. The molecule has 1 aliphatic heterocycles. The van der Waals surface area contributed by atoms with Gasteiger partial charge in [0.25, 0.3) is 0 Å². The first-order chi connectivity index (χ1) is 10.2. The van der Waals surface area contributed by atoms with E-state index in [1.165, 1.54) is 25.7 Å². The summed E-state index contributed by atoms with van der Waals surface area (Å²) >= 11 is 5.22. The number of thiocarbonyl (C=S) groups is 1. The molecule has 0 amide bonds. The first kappa shape index (κ1) is 14.7. The molecule has 0 aromatic carbocycles. The van der Waals surface area contributed by atoms with Crippen molar-refractivity contribution in [3.8, 4) is 0 Å². The number of nitrogens with zero attached hydrogens (tertiary/aromatic N) is 3. The monoisotopic (exact) mass is 304 g/mol. The molecule has 3 rings (SSSR count). The van der Waals surface area contributed by atoms with Gasteiger partial charge in [-0.15, -0.1) is 0 Å². The van der Waals surface area contributed by atoms with E-state index in [4.69, 9.17) is 18.0 Å². The van der Waals surface area contributed by atoms with Crippen LogP contribution in [0.25, 0.3) is 0 Å². The Kier molecular flexibility index (Phi) is 4.40. The molecule has 5 heteroatoms. The molecule has 2 N–H and O–H groups in total. The number of pyridine rings is 1. The highest BCUT2D eigenvalue weighted by molar-refractivity contribution is 7.80. The highest BCUT2D eigenvalue weighted by Crippen LogP contribution is 2.27. The number of hydrogen-bond donors (Lipinski definition) is 1. The lowest BCUT2D eigenvalue weighted by molar-refractivity contribution is 0.187. The van der Waals surface area contributed by atoms with Gasteiger partial charge in [-0.2, -0.15) is 0 Å². The minimum Gasteiger partial charge on any atom is -0.389 e. The Bertz CT molecular complexity index is 517. The topological polar surface area (TPSA) is 45.4 Å². The Balaban J connectivity index is 1.72. The van der Waals surface area contributed by atoms with Gasteiger partial charge < -0.3 is 10.6 Å². The third-order valence-electron chi connectivity index (χ3n) is 4.84. The molecule has 2 heterocycles. The summed E-state index contributed by atoms with van der Waals surface area (Å²) in [6.07, 6.45) is 7.41. The summed E-state index contributed by atoms with van der Waals surface area (Å²) in [4.78, 5) is 9.99. The van der Waals surface area contributed by atoms with Crippen LogP contribution in [-0.2, 0) is 0 Å². The fraction of sp³-hybridized carbons (Fsp3) is 0.625. The molecule has 1 aromatic rings. The average molecular weight is 304 g/mol. The minimum atomic E-state index is 0.453. The Hall–Kier alpha value is -1.20. The molecule has 1 saturated heterocycles. The summed E-state index contributed by atoms with van der Waals surface area (Å²) in [5.74, 6) is 0.966. The Morgan fingerprint density at radius 1 is 1.24 bits per heavy atom. The Morgan fingerprint density at radius 3 is 2.52 bits per heavy atom. The predicted octanol–water partition coefficient (Wildman–Crippen LogP) is 2.09. The second-order valence-electron chi connectivity index (χ2n) is 6.15. The van der Waals surface area contributed by atoms with Crippen molar-refractivity contribution in [3.63, 3.8) is 0 Å². The molecular formula is C16H24N4S. The SMILES string of the molecule is Cc1ccnc(N2CCN(C3CCCC3)CC2)c1C(N)=S. The molecular weight excluding hydrogens is 280 g/mol. The van der Waals surface area contributed by atoms with E-state index in [0.29, 0.717) is 4.99 Å². The first-order valence-electron chi connectivity index (χ1n) is 7.91. The van der Waals surface area contributed by atoms with Gasteiger partial charge in [-0.1, -0.05) is 25.1 Å². The normalized spacial score (nSPS) is 20.9. The van der Waals surface area contributed by atoms with E-state index in [9.17, 15) is 0 Å². The zero-order valence-electron chi connectivity index (χ0n) is 12.7. The van der Waals surface area contributed by atoms with Gasteiger partial charge in [-0.25, -0.2) is 4.98 Å². The number of anilines is 1. The van der Waals surface area contributed by atoms with E-state index in [2.05, 4.69) is 21.7 Å². The van der Waals surface area contributed by atoms with Gasteiger partial charge in [0.2, 0.25) is 0 Å². The van der Waals surface area contributed by atoms with Crippen molar-refractivity contribution in [2.45, 2.75) is 38.6 Å². The second-order valence-corrected chi connectivity index (χ2v) is 6.59. The number of piperazine rings is 1. The highest BCUT2D eigenvalue weighted by Gasteiger charge is 2.27.